The zero-order valence-corrected chi connectivity index (χ0v) is 11.3. The molecule has 1 atom stereocenters. The molecular weight excluding hydrogens is 224 g/mol. The third-order valence-electron chi connectivity index (χ3n) is 3.82. The summed E-state index contributed by atoms with van der Waals surface area (Å²) in [5.74, 6) is 0.764. The number of aryl methyl sites for hydroxylation is 1. The Morgan fingerprint density at radius 3 is 3.00 bits per heavy atom. The van der Waals surface area contributed by atoms with Gasteiger partial charge in [0.25, 0.3) is 5.91 Å². The van der Waals surface area contributed by atoms with Crippen LogP contribution in [0.2, 0.25) is 0 Å². The molecule has 0 spiro atoms. The van der Waals surface area contributed by atoms with Crippen LogP contribution in [-0.2, 0) is 0 Å². The number of nitrogen functional groups attached to an aromatic ring is 1. The Hall–Kier alpha value is -1.51. The average molecular weight is 246 g/mol. The molecule has 0 saturated carbocycles. The van der Waals surface area contributed by atoms with Crippen molar-refractivity contribution in [3.63, 3.8) is 0 Å². The monoisotopic (exact) mass is 246 g/mol. The number of rotatable bonds is 3. The molecule has 1 aliphatic rings. The van der Waals surface area contributed by atoms with Crippen LogP contribution in [0.1, 0.15) is 42.1 Å². The summed E-state index contributed by atoms with van der Waals surface area (Å²) in [6, 6.07) is 5.67. The summed E-state index contributed by atoms with van der Waals surface area (Å²) in [7, 11) is 0. The maximum Gasteiger partial charge on any atom is 0.255 e. The zero-order chi connectivity index (χ0) is 13.1. The third kappa shape index (κ3) is 2.50. The number of nitrogens with zero attached hydrogens (tertiary/aromatic N) is 1. The molecule has 0 aliphatic carbocycles. The molecule has 3 nitrogen and oxygen atoms in total. The fraction of sp³-hybridized carbons (Fsp3) is 0.533. The van der Waals surface area contributed by atoms with Crippen LogP contribution in [-0.4, -0.2) is 23.9 Å². The normalized spacial score (nSPS) is 19.2. The van der Waals surface area contributed by atoms with Gasteiger partial charge in [-0.3, -0.25) is 4.79 Å². The second-order valence-electron chi connectivity index (χ2n) is 5.23. The highest BCUT2D eigenvalue weighted by Gasteiger charge is 2.27. The van der Waals surface area contributed by atoms with E-state index in [9.17, 15) is 4.79 Å². The molecule has 2 N–H and O–H groups in total. The van der Waals surface area contributed by atoms with Crippen LogP contribution >= 0.6 is 0 Å². The number of carbonyl (C=O) groups is 1. The number of likely N-dealkylation sites (tertiary alicyclic amines) is 1. The maximum atomic E-state index is 12.4. The molecule has 0 aromatic heterocycles. The number of para-hydroxylation sites is 1. The summed E-state index contributed by atoms with van der Waals surface area (Å²) < 4.78 is 0. The first-order valence-corrected chi connectivity index (χ1v) is 6.77. The zero-order valence-electron chi connectivity index (χ0n) is 11.3. The second-order valence-corrected chi connectivity index (χ2v) is 5.23. The van der Waals surface area contributed by atoms with Gasteiger partial charge in [0.2, 0.25) is 0 Å². The van der Waals surface area contributed by atoms with Gasteiger partial charge in [-0.1, -0.05) is 25.5 Å². The van der Waals surface area contributed by atoms with Crippen LogP contribution in [0.25, 0.3) is 0 Å². The minimum atomic E-state index is 0.0924. The Balaban J connectivity index is 2.11. The van der Waals surface area contributed by atoms with E-state index in [1.54, 1.807) is 0 Å². The molecular formula is C15H22N2O. The van der Waals surface area contributed by atoms with Crippen LogP contribution in [0.15, 0.2) is 18.2 Å². The largest absolute Gasteiger partial charge is 0.398 e. The minimum Gasteiger partial charge on any atom is -0.398 e. The predicted octanol–water partition coefficient (Wildman–Crippen LogP) is 2.84. The first kappa shape index (κ1) is 12.9. The van der Waals surface area contributed by atoms with Gasteiger partial charge < -0.3 is 10.6 Å². The van der Waals surface area contributed by atoms with Crippen molar-refractivity contribution in [3.05, 3.63) is 29.3 Å². The quantitative estimate of drug-likeness (QED) is 0.834. The number of amides is 1. The molecule has 1 fully saturated rings. The van der Waals surface area contributed by atoms with Crippen molar-refractivity contribution in [1.29, 1.82) is 0 Å². The minimum absolute atomic E-state index is 0.0924. The Morgan fingerprint density at radius 2 is 2.28 bits per heavy atom. The molecule has 1 unspecified atom stereocenters. The lowest BCUT2D eigenvalue weighted by molar-refractivity contribution is 0.0787. The molecule has 1 aromatic carbocycles. The van der Waals surface area contributed by atoms with Gasteiger partial charge in [0.15, 0.2) is 0 Å². The first-order valence-electron chi connectivity index (χ1n) is 6.77. The van der Waals surface area contributed by atoms with E-state index in [4.69, 9.17) is 5.73 Å². The van der Waals surface area contributed by atoms with Crippen LogP contribution < -0.4 is 5.73 Å². The number of anilines is 1. The van der Waals surface area contributed by atoms with E-state index in [1.807, 2.05) is 30.0 Å². The van der Waals surface area contributed by atoms with Gasteiger partial charge in [0.05, 0.1) is 5.56 Å². The highest BCUT2D eigenvalue weighted by Crippen LogP contribution is 2.25. The SMILES string of the molecule is CCCC1CCN(C(=O)c2cccc(C)c2N)C1. The lowest BCUT2D eigenvalue weighted by atomic mass is 10.0. The Morgan fingerprint density at radius 1 is 1.50 bits per heavy atom. The van der Waals surface area contributed by atoms with E-state index in [1.165, 1.54) is 12.8 Å². The van der Waals surface area contributed by atoms with Gasteiger partial charge in [-0.25, -0.2) is 0 Å². The van der Waals surface area contributed by atoms with E-state index in [-0.39, 0.29) is 5.91 Å². The highest BCUT2D eigenvalue weighted by atomic mass is 16.2. The molecule has 1 saturated heterocycles. The Kier molecular flexibility index (Phi) is 3.90. The van der Waals surface area contributed by atoms with Gasteiger partial charge >= 0.3 is 0 Å². The van der Waals surface area contributed by atoms with Crippen molar-refractivity contribution in [3.8, 4) is 0 Å². The molecule has 0 bridgehead atoms. The van der Waals surface area contributed by atoms with Crippen LogP contribution in [0.4, 0.5) is 5.69 Å². The predicted molar refractivity (Wildman–Crippen MR) is 74.5 cm³/mol. The standard InChI is InChI=1S/C15H22N2O/c1-3-5-12-8-9-17(10-12)15(18)13-7-4-6-11(2)14(13)16/h4,6-7,12H,3,5,8-10,16H2,1-2H3. The lowest BCUT2D eigenvalue weighted by Crippen LogP contribution is -2.29. The van der Waals surface area contributed by atoms with Crippen LogP contribution in [0.5, 0.6) is 0 Å². The van der Waals surface area contributed by atoms with Crippen molar-refractivity contribution in [2.24, 2.45) is 5.92 Å². The molecule has 0 radical (unpaired) electrons. The van der Waals surface area contributed by atoms with Crippen LogP contribution in [0.3, 0.4) is 0 Å². The van der Waals surface area contributed by atoms with E-state index in [0.29, 0.717) is 17.2 Å². The lowest BCUT2D eigenvalue weighted by Gasteiger charge is -2.18. The van der Waals surface area contributed by atoms with Crippen molar-refractivity contribution in [2.45, 2.75) is 33.1 Å². The second kappa shape index (κ2) is 5.42. The molecule has 1 aliphatic heterocycles. The third-order valence-corrected chi connectivity index (χ3v) is 3.82. The topological polar surface area (TPSA) is 46.3 Å². The molecule has 2 rings (SSSR count). The fourth-order valence-corrected chi connectivity index (χ4v) is 2.70. The summed E-state index contributed by atoms with van der Waals surface area (Å²) in [6.07, 6.45) is 3.54. The number of benzene rings is 1. The van der Waals surface area contributed by atoms with Crippen LogP contribution in [0, 0.1) is 12.8 Å². The fourth-order valence-electron chi connectivity index (χ4n) is 2.70. The van der Waals surface area contributed by atoms with Gasteiger partial charge in [-0.05, 0) is 37.3 Å². The number of hydrogen-bond donors (Lipinski definition) is 1. The van der Waals surface area contributed by atoms with Gasteiger partial charge in [-0.2, -0.15) is 0 Å². The molecule has 1 aromatic rings. The van der Waals surface area contributed by atoms with E-state index < -0.39 is 0 Å². The molecule has 98 valence electrons. The van der Waals surface area contributed by atoms with E-state index in [0.717, 1.165) is 25.1 Å². The maximum absolute atomic E-state index is 12.4. The molecule has 18 heavy (non-hydrogen) atoms. The summed E-state index contributed by atoms with van der Waals surface area (Å²) >= 11 is 0. The number of hydrogen-bond acceptors (Lipinski definition) is 2. The molecule has 1 heterocycles. The summed E-state index contributed by atoms with van der Waals surface area (Å²) in [4.78, 5) is 14.4. The van der Waals surface area contributed by atoms with Crippen molar-refractivity contribution >= 4 is 11.6 Å². The Bertz CT molecular complexity index is 442. The van der Waals surface area contributed by atoms with Gasteiger partial charge in [-0.15, -0.1) is 0 Å². The summed E-state index contributed by atoms with van der Waals surface area (Å²) in [5, 5.41) is 0. The van der Waals surface area contributed by atoms with Crippen molar-refractivity contribution in [2.75, 3.05) is 18.8 Å². The number of carbonyl (C=O) groups excluding carboxylic acids is 1. The number of nitrogens with two attached hydrogens (primary N) is 1. The van der Waals surface area contributed by atoms with Gasteiger partial charge in [0, 0.05) is 18.8 Å². The van der Waals surface area contributed by atoms with E-state index in [2.05, 4.69) is 6.92 Å². The smallest absolute Gasteiger partial charge is 0.255 e. The molecule has 3 heteroatoms. The van der Waals surface area contributed by atoms with Gasteiger partial charge in [0.1, 0.15) is 0 Å². The highest BCUT2D eigenvalue weighted by molar-refractivity contribution is 5.99. The van der Waals surface area contributed by atoms with Crippen molar-refractivity contribution < 1.29 is 4.79 Å². The Labute approximate surface area is 109 Å². The average Bonchev–Trinajstić information content (AvgIpc) is 2.81. The molecule has 1 amide bonds. The van der Waals surface area contributed by atoms with Crippen molar-refractivity contribution in [1.82, 2.24) is 4.90 Å². The summed E-state index contributed by atoms with van der Waals surface area (Å²) in [6.45, 7) is 5.90. The summed E-state index contributed by atoms with van der Waals surface area (Å²) in [5.41, 5.74) is 8.26. The first-order chi connectivity index (χ1) is 8.63. The van der Waals surface area contributed by atoms with E-state index >= 15 is 0 Å².